The summed E-state index contributed by atoms with van der Waals surface area (Å²) in [6.45, 7) is 2.22. The van der Waals surface area contributed by atoms with Crippen LogP contribution in [0.2, 0.25) is 0 Å². The molecular weight excluding hydrogens is 288 g/mol. The van der Waals surface area contributed by atoms with Gasteiger partial charge in [-0.2, -0.15) is 0 Å². The fourth-order valence-electron chi connectivity index (χ4n) is 2.62. The summed E-state index contributed by atoms with van der Waals surface area (Å²) in [5, 5.41) is 26.0. The van der Waals surface area contributed by atoms with Crippen molar-refractivity contribution >= 4 is 17.0 Å². The number of hydrogen-bond acceptors (Lipinski definition) is 8. The third-order valence-corrected chi connectivity index (χ3v) is 3.79. The third kappa shape index (κ3) is 2.31. The average Bonchev–Trinajstić information content (AvgIpc) is 3.03. The molecule has 9 nitrogen and oxygen atoms in total. The minimum absolute atomic E-state index is 0.458. The van der Waals surface area contributed by atoms with Crippen molar-refractivity contribution in [2.45, 2.75) is 38.0 Å². The number of aromatic nitrogens is 4. The lowest BCUT2D eigenvalue weighted by Gasteiger charge is -2.17. The third-order valence-electron chi connectivity index (χ3n) is 3.79. The number of nitrogens with zero attached hydrogens (tertiary/aromatic N) is 4. The SMILES string of the molecule is CNCc1nc(NC)c2ncn([C@@H]3O[C@H](C)[C@@H](O)[C@H]3O)c2n1. The van der Waals surface area contributed by atoms with Crippen LogP contribution in [0.3, 0.4) is 0 Å². The zero-order chi connectivity index (χ0) is 15.9. The molecule has 3 rings (SSSR count). The Morgan fingerprint density at radius 2 is 2.05 bits per heavy atom. The van der Waals surface area contributed by atoms with Gasteiger partial charge in [0, 0.05) is 7.05 Å². The molecule has 1 aliphatic heterocycles. The maximum absolute atomic E-state index is 10.2. The first-order chi connectivity index (χ1) is 10.6. The van der Waals surface area contributed by atoms with Crippen molar-refractivity contribution in [2.24, 2.45) is 0 Å². The molecule has 4 atom stereocenters. The lowest BCUT2D eigenvalue weighted by atomic mass is 10.1. The van der Waals surface area contributed by atoms with E-state index in [-0.39, 0.29) is 0 Å². The molecule has 0 unspecified atom stereocenters. The van der Waals surface area contributed by atoms with Gasteiger partial charge in [-0.1, -0.05) is 0 Å². The van der Waals surface area contributed by atoms with Gasteiger partial charge in [-0.15, -0.1) is 0 Å². The van der Waals surface area contributed by atoms with Gasteiger partial charge < -0.3 is 25.6 Å². The molecular formula is C13H20N6O3. The lowest BCUT2D eigenvalue weighted by molar-refractivity contribution is -0.0299. The second-order valence-electron chi connectivity index (χ2n) is 5.31. The number of fused-ring (bicyclic) bond motifs is 1. The van der Waals surface area contributed by atoms with E-state index in [1.165, 1.54) is 0 Å². The smallest absolute Gasteiger partial charge is 0.168 e. The second-order valence-corrected chi connectivity index (χ2v) is 5.31. The van der Waals surface area contributed by atoms with Crippen LogP contribution < -0.4 is 10.6 Å². The Morgan fingerprint density at radius 1 is 1.27 bits per heavy atom. The van der Waals surface area contributed by atoms with Crippen molar-refractivity contribution in [2.75, 3.05) is 19.4 Å². The summed E-state index contributed by atoms with van der Waals surface area (Å²) in [6.07, 6.45) is -1.61. The molecule has 0 amide bonds. The molecule has 1 aliphatic rings. The van der Waals surface area contributed by atoms with E-state index in [0.717, 1.165) is 0 Å². The van der Waals surface area contributed by atoms with Crippen LogP contribution in [-0.2, 0) is 11.3 Å². The van der Waals surface area contributed by atoms with Crippen LogP contribution in [0.5, 0.6) is 0 Å². The molecule has 22 heavy (non-hydrogen) atoms. The Balaban J connectivity index is 2.09. The molecule has 0 spiro atoms. The highest BCUT2D eigenvalue weighted by Crippen LogP contribution is 2.32. The normalized spacial score (nSPS) is 28.4. The number of nitrogens with one attached hydrogen (secondary N) is 2. The number of anilines is 1. The molecule has 0 radical (unpaired) electrons. The fourth-order valence-corrected chi connectivity index (χ4v) is 2.62. The molecule has 4 N–H and O–H groups in total. The number of aliphatic hydroxyl groups is 2. The summed E-state index contributed by atoms with van der Waals surface area (Å²) in [6, 6.07) is 0. The van der Waals surface area contributed by atoms with Crippen molar-refractivity contribution in [3.05, 3.63) is 12.2 Å². The standard InChI is InChI=1S/C13H20N6O3/c1-6-9(20)10(21)13(22-6)19-5-16-8-11(15-3)17-7(4-14-2)18-12(8)19/h5-6,9-10,13-14,20-21H,4H2,1-3H3,(H,15,17,18)/t6-,9-,10-,13-/m1/s1. The molecule has 1 saturated heterocycles. The highest BCUT2D eigenvalue weighted by Gasteiger charge is 2.42. The van der Waals surface area contributed by atoms with E-state index in [9.17, 15) is 10.2 Å². The second kappa shape index (κ2) is 5.76. The van der Waals surface area contributed by atoms with Gasteiger partial charge in [-0.25, -0.2) is 15.0 Å². The van der Waals surface area contributed by atoms with Crippen LogP contribution in [0.15, 0.2) is 6.33 Å². The molecule has 0 aliphatic carbocycles. The Bertz CT molecular complexity index is 675. The fraction of sp³-hybridized carbons (Fsp3) is 0.615. The van der Waals surface area contributed by atoms with E-state index in [1.54, 1.807) is 24.9 Å². The Hall–Kier alpha value is -1.81. The summed E-state index contributed by atoms with van der Waals surface area (Å²) in [5.41, 5.74) is 1.14. The van der Waals surface area contributed by atoms with Gasteiger partial charge in [0.15, 0.2) is 23.2 Å². The van der Waals surface area contributed by atoms with Crippen molar-refractivity contribution in [3.8, 4) is 0 Å². The number of aliphatic hydroxyl groups excluding tert-OH is 2. The predicted octanol–water partition coefficient (Wildman–Crippen LogP) is -0.774. The zero-order valence-corrected chi connectivity index (χ0v) is 12.7. The van der Waals surface area contributed by atoms with Gasteiger partial charge >= 0.3 is 0 Å². The number of hydrogen-bond donors (Lipinski definition) is 4. The largest absolute Gasteiger partial charge is 0.388 e. The summed E-state index contributed by atoms with van der Waals surface area (Å²) in [5.74, 6) is 1.21. The van der Waals surface area contributed by atoms with Crippen LogP contribution in [0.1, 0.15) is 19.0 Å². The molecule has 2 aromatic heterocycles. The topological polar surface area (TPSA) is 117 Å². The predicted molar refractivity (Wildman–Crippen MR) is 79.2 cm³/mol. The maximum Gasteiger partial charge on any atom is 0.168 e. The molecule has 0 aromatic carbocycles. The summed E-state index contributed by atoms with van der Waals surface area (Å²) >= 11 is 0. The van der Waals surface area contributed by atoms with Gasteiger partial charge in [-0.05, 0) is 14.0 Å². The quantitative estimate of drug-likeness (QED) is 0.581. The first-order valence-electron chi connectivity index (χ1n) is 7.14. The first-order valence-corrected chi connectivity index (χ1v) is 7.14. The molecule has 0 bridgehead atoms. The van der Waals surface area contributed by atoms with Crippen LogP contribution >= 0.6 is 0 Å². The van der Waals surface area contributed by atoms with Gasteiger partial charge in [0.2, 0.25) is 0 Å². The highest BCUT2D eigenvalue weighted by molar-refractivity contribution is 5.83. The van der Waals surface area contributed by atoms with Gasteiger partial charge in [0.05, 0.1) is 19.0 Å². The highest BCUT2D eigenvalue weighted by atomic mass is 16.6. The number of ether oxygens (including phenoxy) is 1. The van der Waals surface area contributed by atoms with Gasteiger partial charge in [0.1, 0.15) is 18.0 Å². The van der Waals surface area contributed by atoms with Gasteiger partial charge in [-0.3, -0.25) is 4.57 Å². The van der Waals surface area contributed by atoms with Crippen LogP contribution in [0.4, 0.5) is 5.82 Å². The minimum Gasteiger partial charge on any atom is -0.388 e. The van der Waals surface area contributed by atoms with E-state index in [4.69, 9.17) is 4.74 Å². The van der Waals surface area contributed by atoms with Crippen LogP contribution in [0.25, 0.3) is 11.2 Å². The molecule has 9 heteroatoms. The van der Waals surface area contributed by atoms with E-state index in [2.05, 4.69) is 25.6 Å². The minimum atomic E-state index is -1.03. The number of rotatable bonds is 4. The monoisotopic (exact) mass is 308 g/mol. The number of imidazole rings is 1. The van der Waals surface area contributed by atoms with Crippen LogP contribution in [0, 0.1) is 0 Å². The van der Waals surface area contributed by atoms with E-state index in [0.29, 0.717) is 29.4 Å². The summed E-state index contributed by atoms with van der Waals surface area (Å²) in [7, 11) is 3.57. The molecule has 120 valence electrons. The molecule has 2 aromatic rings. The average molecular weight is 308 g/mol. The molecule has 0 saturated carbocycles. The van der Waals surface area contributed by atoms with Crippen molar-refractivity contribution in [3.63, 3.8) is 0 Å². The Kier molecular flexibility index (Phi) is 3.96. The maximum atomic E-state index is 10.2. The van der Waals surface area contributed by atoms with Crippen molar-refractivity contribution < 1.29 is 14.9 Å². The Morgan fingerprint density at radius 3 is 2.64 bits per heavy atom. The van der Waals surface area contributed by atoms with Crippen molar-refractivity contribution in [1.82, 2.24) is 24.8 Å². The van der Waals surface area contributed by atoms with E-state index in [1.807, 2.05) is 7.05 Å². The summed E-state index contributed by atoms with van der Waals surface area (Å²) < 4.78 is 7.27. The van der Waals surface area contributed by atoms with Crippen molar-refractivity contribution in [1.29, 1.82) is 0 Å². The zero-order valence-electron chi connectivity index (χ0n) is 12.7. The molecule has 1 fully saturated rings. The first kappa shape index (κ1) is 15.1. The molecule has 3 heterocycles. The van der Waals surface area contributed by atoms with E-state index < -0.39 is 24.5 Å². The van der Waals surface area contributed by atoms with Gasteiger partial charge in [0.25, 0.3) is 0 Å². The van der Waals surface area contributed by atoms with E-state index >= 15 is 0 Å². The Labute approximate surface area is 127 Å². The summed E-state index contributed by atoms with van der Waals surface area (Å²) in [4.78, 5) is 13.2. The van der Waals surface area contributed by atoms with Crippen LogP contribution in [-0.4, -0.2) is 62.1 Å². The lowest BCUT2D eigenvalue weighted by Crippen LogP contribution is -2.30.